The average molecular weight is 223 g/mol. The van der Waals surface area contributed by atoms with Crippen LogP contribution in [0.1, 0.15) is 5.69 Å². The number of benzene rings is 1. The van der Waals surface area contributed by atoms with E-state index in [1.165, 1.54) is 12.1 Å². The number of nitrogens with one attached hydrogen (secondary N) is 1. The highest BCUT2D eigenvalue weighted by atomic mass is 19.2. The third-order valence-corrected chi connectivity index (χ3v) is 2.27. The summed E-state index contributed by atoms with van der Waals surface area (Å²) in [5.74, 6) is -1.76. The van der Waals surface area contributed by atoms with Crippen molar-refractivity contribution in [3.8, 4) is 11.3 Å². The quantitative estimate of drug-likeness (QED) is 0.834. The van der Waals surface area contributed by atoms with Crippen molar-refractivity contribution in [2.75, 3.05) is 6.54 Å². The van der Waals surface area contributed by atoms with Gasteiger partial charge in [-0.25, -0.2) is 8.78 Å². The van der Waals surface area contributed by atoms with Crippen LogP contribution in [-0.4, -0.2) is 16.7 Å². The van der Waals surface area contributed by atoms with Crippen LogP contribution in [-0.2, 0) is 6.42 Å². The molecule has 0 radical (unpaired) electrons. The van der Waals surface area contributed by atoms with Crippen LogP contribution in [0.5, 0.6) is 0 Å². The van der Waals surface area contributed by atoms with Gasteiger partial charge in [-0.15, -0.1) is 0 Å². The summed E-state index contributed by atoms with van der Waals surface area (Å²) in [5.41, 5.74) is 6.73. The van der Waals surface area contributed by atoms with E-state index in [2.05, 4.69) is 10.2 Å². The van der Waals surface area contributed by atoms with Crippen LogP contribution in [0.4, 0.5) is 8.78 Å². The van der Waals surface area contributed by atoms with E-state index in [9.17, 15) is 8.78 Å². The molecule has 0 bridgehead atoms. The number of H-pyrrole nitrogens is 1. The predicted octanol–water partition coefficient (Wildman–Crippen LogP) is 1.86. The molecule has 0 saturated carbocycles. The first kappa shape index (κ1) is 10.8. The lowest BCUT2D eigenvalue weighted by atomic mass is 10.1. The second-order valence-electron chi connectivity index (χ2n) is 3.42. The molecule has 1 heterocycles. The number of hydrogen-bond acceptors (Lipinski definition) is 2. The Morgan fingerprint density at radius 1 is 1.31 bits per heavy atom. The Balaban J connectivity index is 2.39. The van der Waals surface area contributed by atoms with Crippen LogP contribution in [0.2, 0.25) is 0 Å². The van der Waals surface area contributed by atoms with Crippen LogP contribution in [0.25, 0.3) is 11.3 Å². The van der Waals surface area contributed by atoms with Crippen molar-refractivity contribution in [2.45, 2.75) is 6.42 Å². The number of rotatable bonds is 3. The van der Waals surface area contributed by atoms with Gasteiger partial charge in [0.1, 0.15) is 0 Å². The van der Waals surface area contributed by atoms with Gasteiger partial charge in [-0.05, 0) is 24.7 Å². The van der Waals surface area contributed by atoms with E-state index in [4.69, 9.17) is 5.73 Å². The third-order valence-electron chi connectivity index (χ3n) is 2.27. The van der Waals surface area contributed by atoms with Crippen molar-refractivity contribution in [2.24, 2.45) is 5.73 Å². The number of aromatic amines is 1. The van der Waals surface area contributed by atoms with Crippen molar-refractivity contribution < 1.29 is 8.78 Å². The van der Waals surface area contributed by atoms with Gasteiger partial charge in [0.25, 0.3) is 0 Å². The summed E-state index contributed by atoms with van der Waals surface area (Å²) >= 11 is 0. The normalized spacial score (nSPS) is 10.7. The molecule has 5 heteroatoms. The number of nitrogens with zero attached hydrogens (tertiary/aromatic N) is 1. The zero-order valence-corrected chi connectivity index (χ0v) is 8.50. The molecule has 16 heavy (non-hydrogen) atoms. The summed E-state index contributed by atoms with van der Waals surface area (Å²) in [6.07, 6.45) is 0.629. The van der Waals surface area contributed by atoms with Gasteiger partial charge < -0.3 is 5.73 Å². The van der Waals surface area contributed by atoms with Crippen molar-refractivity contribution in [3.05, 3.63) is 41.6 Å². The SMILES string of the molecule is NCCc1cc(-c2cccc(F)c2F)n[nH]1. The van der Waals surface area contributed by atoms with E-state index in [0.717, 1.165) is 11.8 Å². The van der Waals surface area contributed by atoms with Crippen LogP contribution in [0, 0.1) is 11.6 Å². The van der Waals surface area contributed by atoms with Gasteiger partial charge >= 0.3 is 0 Å². The standard InChI is InChI=1S/C11H11F2N3/c12-9-3-1-2-8(11(9)13)10-6-7(4-5-14)15-16-10/h1-3,6H,4-5,14H2,(H,15,16). The van der Waals surface area contributed by atoms with E-state index >= 15 is 0 Å². The van der Waals surface area contributed by atoms with Crippen molar-refractivity contribution in [1.29, 1.82) is 0 Å². The van der Waals surface area contributed by atoms with Crippen molar-refractivity contribution in [1.82, 2.24) is 10.2 Å². The van der Waals surface area contributed by atoms with Gasteiger partial charge in [0, 0.05) is 17.7 Å². The molecule has 0 amide bonds. The van der Waals surface area contributed by atoms with Crippen molar-refractivity contribution >= 4 is 0 Å². The highest BCUT2D eigenvalue weighted by Crippen LogP contribution is 2.22. The van der Waals surface area contributed by atoms with Gasteiger partial charge in [0.2, 0.25) is 0 Å². The Hall–Kier alpha value is -1.75. The fourth-order valence-electron chi connectivity index (χ4n) is 1.48. The highest BCUT2D eigenvalue weighted by molar-refractivity contribution is 5.60. The van der Waals surface area contributed by atoms with Gasteiger partial charge in [-0.3, -0.25) is 5.10 Å². The fourth-order valence-corrected chi connectivity index (χ4v) is 1.48. The minimum absolute atomic E-state index is 0.152. The lowest BCUT2D eigenvalue weighted by Crippen LogP contribution is -2.02. The first-order chi connectivity index (χ1) is 7.72. The predicted molar refractivity (Wildman–Crippen MR) is 56.7 cm³/mol. The van der Waals surface area contributed by atoms with E-state index in [0.29, 0.717) is 18.7 Å². The first-order valence-electron chi connectivity index (χ1n) is 4.91. The molecular weight excluding hydrogens is 212 g/mol. The third kappa shape index (κ3) is 1.94. The lowest BCUT2D eigenvalue weighted by Gasteiger charge is -1.98. The zero-order valence-electron chi connectivity index (χ0n) is 8.50. The molecule has 0 aliphatic heterocycles. The van der Waals surface area contributed by atoms with Gasteiger partial charge in [0.05, 0.1) is 5.69 Å². The molecule has 84 valence electrons. The molecule has 3 N–H and O–H groups in total. The lowest BCUT2D eigenvalue weighted by molar-refractivity contribution is 0.511. The van der Waals surface area contributed by atoms with Gasteiger partial charge in [-0.1, -0.05) is 6.07 Å². The largest absolute Gasteiger partial charge is 0.330 e. The Bertz CT molecular complexity index is 494. The summed E-state index contributed by atoms with van der Waals surface area (Å²) in [4.78, 5) is 0. The summed E-state index contributed by atoms with van der Waals surface area (Å²) in [5, 5.41) is 6.65. The molecule has 2 rings (SSSR count). The first-order valence-corrected chi connectivity index (χ1v) is 4.91. The van der Waals surface area contributed by atoms with Crippen LogP contribution < -0.4 is 5.73 Å². The van der Waals surface area contributed by atoms with Crippen LogP contribution >= 0.6 is 0 Å². The Morgan fingerprint density at radius 2 is 2.12 bits per heavy atom. The Kier molecular flexibility index (Phi) is 2.96. The number of halogens is 2. The molecule has 0 spiro atoms. The molecule has 3 nitrogen and oxygen atoms in total. The zero-order chi connectivity index (χ0) is 11.5. The van der Waals surface area contributed by atoms with Crippen LogP contribution in [0.15, 0.2) is 24.3 Å². The highest BCUT2D eigenvalue weighted by Gasteiger charge is 2.12. The molecule has 0 atom stereocenters. The average Bonchev–Trinajstić information content (AvgIpc) is 2.71. The fraction of sp³-hybridized carbons (Fsp3) is 0.182. The molecule has 2 aromatic rings. The molecule has 0 unspecified atom stereocenters. The minimum atomic E-state index is -0.881. The summed E-state index contributed by atoms with van der Waals surface area (Å²) in [6, 6.07) is 5.68. The molecule has 0 aliphatic rings. The smallest absolute Gasteiger partial charge is 0.168 e. The van der Waals surface area contributed by atoms with E-state index in [1.807, 2.05) is 0 Å². The summed E-state index contributed by atoms with van der Waals surface area (Å²) in [7, 11) is 0. The molecule has 0 aliphatic carbocycles. The maximum Gasteiger partial charge on any atom is 0.168 e. The Labute approximate surface area is 91.3 Å². The van der Waals surface area contributed by atoms with E-state index < -0.39 is 11.6 Å². The topological polar surface area (TPSA) is 54.7 Å². The second kappa shape index (κ2) is 4.40. The maximum atomic E-state index is 13.4. The van der Waals surface area contributed by atoms with Crippen LogP contribution in [0.3, 0.4) is 0 Å². The summed E-state index contributed by atoms with van der Waals surface area (Å²) in [6.45, 7) is 0.479. The van der Waals surface area contributed by atoms with Gasteiger partial charge in [-0.2, -0.15) is 5.10 Å². The van der Waals surface area contributed by atoms with Crippen molar-refractivity contribution in [3.63, 3.8) is 0 Å². The number of nitrogens with two attached hydrogens (primary N) is 1. The maximum absolute atomic E-state index is 13.4. The number of hydrogen-bond donors (Lipinski definition) is 2. The molecule has 1 aromatic heterocycles. The van der Waals surface area contributed by atoms with E-state index in [1.54, 1.807) is 6.07 Å². The monoisotopic (exact) mass is 223 g/mol. The molecule has 0 fully saturated rings. The minimum Gasteiger partial charge on any atom is -0.330 e. The molecule has 0 saturated heterocycles. The number of aromatic nitrogens is 2. The van der Waals surface area contributed by atoms with Gasteiger partial charge in [0.15, 0.2) is 11.6 Å². The summed E-state index contributed by atoms with van der Waals surface area (Å²) < 4.78 is 26.4. The molecule has 1 aromatic carbocycles. The van der Waals surface area contributed by atoms with E-state index in [-0.39, 0.29) is 5.56 Å². The second-order valence-corrected chi connectivity index (χ2v) is 3.42. The Morgan fingerprint density at radius 3 is 2.88 bits per heavy atom. The molecular formula is C11H11F2N3.